The van der Waals surface area contributed by atoms with Crippen LogP contribution in [0.15, 0.2) is 15.9 Å². The van der Waals surface area contributed by atoms with Gasteiger partial charge in [0.15, 0.2) is 22.4 Å². The average molecular weight is 394 g/mol. The summed E-state index contributed by atoms with van der Waals surface area (Å²) in [5.74, 6) is -0.899. The Morgan fingerprint density at radius 1 is 1.37 bits per heavy atom. The molecular weight excluding hydrogens is 378 g/mol. The van der Waals surface area contributed by atoms with Crippen LogP contribution in [-0.2, 0) is 16.1 Å². The summed E-state index contributed by atoms with van der Waals surface area (Å²) in [4.78, 5) is 28.8. The summed E-state index contributed by atoms with van der Waals surface area (Å²) in [5.41, 5.74) is -0.827. The molecule has 1 aromatic carbocycles. The van der Waals surface area contributed by atoms with E-state index < -0.39 is 23.8 Å². The van der Waals surface area contributed by atoms with Gasteiger partial charge in [0, 0.05) is 11.5 Å². The molecule has 1 aliphatic rings. The molecule has 142 valence electrons. The molecule has 0 bridgehead atoms. The van der Waals surface area contributed by atoms with E-state index in [-0.39, 0.29) is 51.1 Å². The number of aromatic nitrogens is 1. The molecule has 0 saturated heterocycles. The van der Waals surface area contributed by atoms with Crippen LogP contribution in [0.25, 0.3) is 10.9 Å². The standard InChI is InChI=1S/C17H16ClN3O6/c1-4-27-9(22)6-21-7-5-8(25-2)15(26-3)13-10(7)11(14(23)17(21)24)12(19)16(18)20-13/h5,19,23H,4,6H2,1-3H3. The predicted octanol–water partition coefficient (Wildman–Crippen LogP) is 1.94. The molecule has 3 rings (SSSR count). The smallest absolute Gasteiger partial charge is 0.326 e. The highest BCUT2D eigenvalue weighted by atomic mass is 35.5. The zero-order valence-corrected chi connectivity index (χ0v) is 15.5. The molecule has 0 atom stereocenters. The molecule has 0 amide bonds. The van der Waals surface area contributed by atoms with Gasteiger partial charge in [-0.05, 0) is 6.92 Å². The first-order valence-corrected chi connectivity index (χ1v) is 8.27. The van der Waals surface area contributed by atoms with Gasteiger partial charge >= 0.3 is 5.97 Å². The lowest BCUT2D eigenvalue weighted by Gasteiger charge is -2.22. The van der Waals surface area contributed by atoms with Crippen LogP contribution in [0, 0.1) is 5.41 Å². The molecule has 1 aromatic heterocycles. The highest BCUT2D eigenvalue weighted by molar-refractivity contribution is 6.86. The van der Waals surface area contributed by atoms with Crippen LogP contribution in [0.1, 0.15) is 12.5 Å². The number of aliphatic imine (C=N–C) groups is 1. The van der Waals surface area contributed by atoms with Crippen molar-refractivity contribution in [3.63, 3.8) is 0 Å². The normalized spacial score (nSPS) is 12.7. The van der Waals surface area contributed by atoms with E-state index >= 15 is 0 Å². The van der Waals surface area contributed by atoms with E-state index in [1.54, 1.807) is 6.92 Å². The average Bonchev–Trinajstić information content (AvgIpc) is 2.64. The van der Waals surface area contributed by atoms with Gasteiger partial charge in [-0.15, -0.1) is 0 Å². The number of aromatic hydroxyl groups is 1. The Labute approximate surface area is 158 Å². The number of esters is 1. The number of methoxy groups -OCH3 is 2. The number of carbonyl (C=O) groups excluding carboxylic acids is 1. The Kier molecular flexibility index (Phi) is 4.79. The van der Waals surface area contributed by atoms with Crippen LogP contribution < -0.4 is 15.0 Å². The first-order chi connectivity index (χ1) is 12.8. The van der Waals surface area contributed by atoms with Crippen molar-refractivity contribution in [3.05, 3.63) is 22.0 Å². The fraction of sp³-hybridized carbons (Fsp3) is 0.294. The van der Waals surface area contributed by atoms with Crippen molar-refractivity contribution in [2.45, 2.75) is 13.5 Å². The molecule has 27 heavy (non-hydrogen) atoms. The van der Waals surface area contributed by atoms with Crippen LogP contribution in [0.3, 0.4) is 0 Å². The van der Waals surface area contributed by atoms with Crippen molar-refractivity contribution < 1.29 is 24.1 Å². The van der Waals surface area contributed by atoms with Gasteiger partial charge in [-0.1, -0.05) is 11.6 Å². The Morgan fingerprint density at radius 2 is 2.07 bits per heavy atom. The summed E-state index contributed by atoms with van der Waals surface area (Å²) in [6.45, 7) is 1.35. The molecule has 0 unspecified atom stereocenters. The van der Waals surface area contributed by atoms with Crippen LogP contribution in [0.5, 0.6) is 17.2 Å². The van der Waals surface area contributed by atoms with E-state index in [4.69, 9.17) is 31.2 Å². The first kappa shape index (κ1) is 18.7. The maximum atomic E-state index is 12.7. The molecule has 10 heteroatoms. The number of rotatable bonds is 5. The van der Waals surface area contributed by atoms with Crippen molar-refractivity contribution in [2.75, 3.05) is 20.8 Å². The van der Waals surface area contributed by atoms with Crippen molar-refractivity contribution in [3.8, 4) is 17.2 Å². The monoisotopic (exact) mass is 393 g/mol. The Bertz CT molecular complexity index is 1070. The molecule has 1 aliphatic heterocycles. The van der Waals surface area contributed by atoms with Crippen LogP contribution in [-0.4, -0.2) is 47.4 Å². The minimum absolute atomic E-state index is 0.0777. The van der Waals surface area contributed by atoms with Gasteiger partial charge in [-0.3, -0.25) is 19.6 Å². The number of ether oxygens (including phenoxy) is 3. The lowest BCUT2D eigenvalue weighted by Crippen LogP contribution is -2.28. The van der Waals surface area contributed by atoms with E-state index in [1.807, 2.05) is 0 Å². The minimum atomic E-state index is -0.861. The summed E-state index contributed by atoms with van der Waals surface area (Å²) < 4.78 is 16.6. The molecule has 0 spiro atoms. The number of nitrogens with zero attached hydrogens (tertiary/aromatic N) is 2. The third-order valence-electron chi connectivity index (χ3n) is 4.11. The fourth-order valence-electron chi connectivity index (χ4n) is 2.98. The summed E-state index contributed by atoms with van der Waals surface area (Å²) in [5, 5.41) is 18.6. The second-order valence-corrected chi connectivity index (χ2v) is 5.91. The fourth-order valence-corrected chi connectivity index (χ4v) is 3.16. The quantitative estimate of drug-likeness (QED) is 0.748. The lowest BCUT2D eigenvalue weighted by atomic mass is 9.98. The minimum Gasteiger partial charge on any atom is -0.503 e. The summed E-state index contributed by atoms with van der Waals surface area (Å²) >= 11 is 6.03. The van der Waals surface area contributed by atoms with Crippen molar-refractivity contribution in [1.82, 2.24) is 4.57 Å². The number of hydrogen-bond donors (Lipinski definition) is 2. The molecule has 2 heterocycles. The Morgan fingerprint density at radius 3 is 2.67 bits per heavy atom. The van der Waals surface area contributed by atoms with Crippen molar-refractivity contribution >= 4 is 45.0 Å². The largest absolute Gasteiger partial charge is 0.503 e. The molecule has 0 fully saturated rings. The zero-order valence-electron chi connectivity index (χ0n) is 14.8. The number of pyridine rings is 1. The van der Waals surface area contributed by atoms with Crippen LogP contribution >= 0.6 is 11.6 Å². The summed E-state index contributed by atoms with van der Waals surface area (Å²) in [6, 6.07) is 1.48. The SMILES string of the molecule is CCOC(=O)Cn1c(=O)c(O)c2c3c(c(OC)c(OC)cc31)N=C(Cl)C2=N. The number of halogens is 1. The predicted molar refractivity (Wildman–Crippen MR) is 99.4 cm³/mol. The lowest BCUT2D eigenvalue weighted by molar-refractivity contribution is -0.143. The molecule has 0 radical (unpaired) electrons. The van der Waals surface area contributed by atoms with Gasteiger partial charge in [-0.2, -0.15) is 0 Å². The number of hydrogen-bond acceptors (Lipinski definition) is 8. The van der Waals surface area contributed by atoms with E-state index in [0.29, 0.717) is 0 Å². The molecule has 9 nitrogen and oxygen atoms in total. The highest BCUT2D eigenvalue weighted by Crippen LogP contribution is 2.47. The van der Waals surface area contributed by atoms with Gasteiger partial charge < -0.3 is 19.3 Å². The Balaban J connectivity index is 2.49. The van der Waals surface area contributed by atoms with Gasteiger partial charge in [0.1, 0.15) is 17.9 Å². The molecular formula is C17H16ClN3O6. The van der Waals surface area contributed by atoms with Gasteiger partial charge in [0.2, 0.25) is 0 Å². The second kappa shape index (κ2) is 6.92. The molecule has 2 aromatic rings. The molecule has 2 N–H and O–H groups in total. The topological polar surface area (TPSA) is 123 Å². The van der Waals surface area contributed by atoms with E-state index in [9.17, 15) is 14.7 Å². The maximum Gasteiger partial charge on any atom is 0.326 e. The van der Waals surface area contributed by atoms with Gasteiger partial charge in [0.05, 0.1) is 31.9 Å². The zero-order chi connectivity index (χ0) is 19.9. The number of benzene rings is 1. The van der Waals surface area contributed by atoms with Crippen LogP contribution in [0.2, 0.25) is 0 Å². The Hall–Kier alpha value is -3.07. The number of carbonyl (C=O) groups is 1. The highest BCUT2D eigenvalue weighted by Gasteiger charge is 2.31. The van der Waals surface area contributed by atoms with Crippen LogP contribution in [0.4, 0.5) is 5.69 Å². The van der Waals surface area contributed by atoms with Crippen molar-refractivity contribution in [2.24, 2.45) is 4.99 Å². The van der Waals surface area contributed by atoms with E-state index in [0.717, 1.165) is 4.57 Å². The first-order valence-electron chi connectivity index (χ1n) is 7.89. The molecule has 0 aliphatic carbocycles. The van der Waals surface area contributed by atoms with Gasteiger partial charge in [0.25, 0.3) is 5.56 Å². The maximum absolute atomic E-state index is 12.7. The summed E-state index contributed by atoms with van der Waals surface area (Å²) in [7, 11) is 2.80. The third-order valence-corrected chi connectivity index (χ3v) is 4.38. The summed E-state index contributed by atoms with van der Waals surface area (Å²) in [6.07, 6.45) is 0. The van der Waals surface area contributed by atoms with E-state index in [1.165, 1.54) is 20.3 Å². The second-order valence-electron chi connectivity index (χ2n) is 5.55. The van der Waals surface area contributed by atoms with Gasteiger partial charge in [-0.25, -0.2) is 4.99 Å². The van der Waals surface area contributed by atoms with E-state index in [2.05, 4.69) is 4.99 Å². The third kappa shape index (κ3) is 2.80. The molecule has 0 saturated carbocycles. The number of nitrogens with one attached hydrogen (secondary N) is 1. The van der Waals surface area contributed by atoms with Crippen molar-refractivity contribution in [1.29, 1.82) is 5.41 Å².